The number of ketones is 2. The van der Waals surface area contributed by atoms with Crippen molar-refractivity contribution in [1.82, 2.24) is 10.6 Å². The normalized spacial score (nSPS) is 32.4. The van der Waals surface area contributed by atoms with Crippen LogP contribution in [0.1, 0.15) is 91.0 Å². The van der Waals surface area contributed by atoms with Crippen molar-refractivity contribution in [3.63, 3.8) is 0 Å². The summed E-state index contributed by atoms with van der Waals surface area (Å²) in [6, 6.07) is 6.57. The lowest BCUT2D eigenvalue weighted by Gasteiger charge is -2.60. The molecule has 0 spiro atoms. The molecule has 12 heteroatoms. The van der Waals surface area contributed by atoms with Gasteiger partial charge in [-0.2, -0.15) is 0 Å². The first-order valence-electron chi connectivity index (χ1n) is 18.2. The third-order valence-corrected chi connectivity index (χ3v) is 12.6. The molecule has 51 heavy (non-hydrogen) atoms. The highest BCUT2D eigenvalue weighted by molar-refractivity contribution is 5.93. The third kappa shape index (κ3) is 7.53. The predicted molar refractivity (Wildman–Crippen MR) is 185 cm³/mol. The van der Waals surface area contributed by atoms with E-state index in [0.29, 0.717) is 19.3 Å². The Hall–Kier alpha value is -3.90. The summed E-state index contributed by atoms with van der Waals surface area (Å²) in [5.74, 6) is -4.25. The molecule has 5 rings (SSSR count). The fraction of sp³-hybridized carbons (Fsp3) is 0.641. The molecule has 0 unspecified atom stereocenters. The molecule has 4 aliphatic rings. The second kappa shape index (κ2) is 15.0. The number of aliphatic carboxylic acids is 1. The smallest absolute Gasteiger partial charge is 0.326 e. The van der Waals surface area contributed by atoms with Gasteiger partial charge in [0, 0.05) is 24.7 Å². The monoisotopic (exact) mass is 708 g/mol. The molecule has 1 aromatic carbocycles. The van der Waals surface area contributed by atoms with E-state index >= 15 is 0 Å². The number of hydrogen-bond acceptors (Lipinski definition) is 9. The summed E-state index contributed by atoms with van der Waals surface area (Å²) in [5, 5.41) is 38.3. The van der Waals surface area contributed by atoms with Crippen molar-refractivity contribution in [3.05, 3.63) is 47.5 Å². The number of carbonyl (C=O) groups is 6. The first-order valence-corrected chi connectivity index (χ1v) is 18.2. The molecule has 0 radical (unpaired) electrons. The predicted octanol–water partition coefficient (Wildman–Crippen LogP) is 3.07. The third-order valence-electron chi connectivity index (χ3n) is 12.6. The number of esters is 1. The van der Waals surface area contributed by atoms with Gasteiger partial charge in [0.05, 0.1) is 12.5 Å². The van der Waals surface area contributed by atoms with E-state index in [9.17, 15) is 44.1 Å². The average molecular weight is 709 g/mol. The van der Waals surface area contributed by atoms with E-state index in [1.807, 2.05) is 6.92 Å². The van der Waals surface area contributed by atoms with Gasteiger partial charge in [-0.05, 0) is 79.3 Å². The summed E-state index contributed by atoms with van der Waals surface area (Å²) >= 11 is 0. The molecule has 2 amide bonds. The maximum atomic E-state index is 13.6. The van der Waals surface area contributed by atoms with Crippen molar-refractivity contribution in [3.8, 4) is 0 Å². The minimum absolute atomic E-state index is 0.0227. The molecule has 0 bridgehead atoms. The van der Waals surface area contributed by atoms with Crippen LogP contribution in [0.25, 0.3) is 0 Å². The average Bonchev–Trinajstić information content (AvgIpc) is 3.35. The van der Waals surface area contributed by atoms with Crippen molar-refractivity contribution in [1.29, 1.82) is 0 Å². The van der Waals surface area contributed by atoms with E-state index in [2.05, 4.69) is 17.6 Å². The molecule has 12 nitrogen and oxygen atoms in total. The lowest BCUT2D eigenvalue weighted by Crippen LogP contribution is -2.62. The fourth-order valence-corrected chi connectivity index (χ4v) is 9.80. The summed E-state index contributed by atoms with van der Waals surface area (Å²) in [5.41, 5.74) is -1.20. The zero-order valence-corrected chi connectivity index (χ0v) is 30.0. The van der Waals surface area contributed by atoms with Gasteiger partial charge in [-0.15, -0.1) is 0 Å². The number of fused-ring (bicyclic) bond motifs is 5. The Labute approximate surface area is 298 Å². The van der Waals surface area contributed by atoms with Crippen LogP contribution >= 0.6 is 0 Å². The number of aliphatic hydroxyl groups excluding tert-OH is 1. The number of carboxylic acid groups (broad SMARTS) is 1. The highest BCUT2D eigenvalue weighted by atomic mass is 16.5. The molecule has 0 aliphatic heterocycles. The Morgan fingerprint density at radius 2 is 1.69 bits per heavy atom. The van der Waals surface area contributed by atoms with E-state index in [1.54, 1.807) is 50.3 Å². The topological polar surface area (TPSA) is 196 Å². The van der Waals surface area contributed by atoms with Gasteiger partial charge in [-0.3, -0.25) is 24.0 Å². The second-order valence-corrected chi connectivity index (χ2v) is 15.9. The van der Waals surface area contributed by atoms with Gasteiger partial charge >= 0.3 is 11.9 Å². The van der Waals surface area contributed by atoms with Gasteiger partial charge in [0.2, 0.25) is 17.6 Å². The SMILES string of the molecule is CC(C)[C@@H](NC(=O)CCC(=O)OCC(=O)[C@@]1(O)CC[C@H]2[C@@H]3CCC4=CC(=O)CC[C@]4(C)[C@H]3[C@@H](O)C[C@@]21C)C(=O)N[C@@H](Cc1ccccc1)C(=O)O. The van der Waals surface area contributed by atoms with Crippen LogP contribution in [0.15, 0.2) is 42.0 Å². The van der Waals surface area contributed by atoms with Crippen LogP contribution in [0.5, 0.6) is 0 Å². The Morgan fingerprint density at radius 3 is 2.35 bits per heavy atom. The van der Waals surface area contributed by atoms with Crippen LogP contribution in [0, 0.1) is 34.5 Å². The molecule has 4 aliphatic carbocycles. The molecule has 9 atom stereocenters. The standard InChI is InChI=1S/C39H52N2O10/c1-22(2)34(35(47)40-28(36(48)49)18-23-8-6-5-7-9-23)41-31(45)12-13-32(46)51-21-30(44)39(50)17-15-27-26-11-10-24-19-25(42)14-16-37(24,3)33(26)29(43)20-38(27,39)4/h5-9,19,22,26-29,33-34,43,50H,10-18,20-21H2,1-4H3,(H,40,47)(H,41,45)(H,48,49)/t26-,27-,28-,29-,33+,34+,37-,38-,39-/m0/s1. The van der Waals surface area contributed by atoms with Crippen LogP contribution in [-0.2, 0) is 39.9 Å². The number of carbonyl (C=O) groups excluding carboxylic acids is 5. The zero-order chi connectivity index (χ0) is 37.3. The van der Waals surface area contributed by atoms with Crippen LogP contribution in [0.3, 0.4) is 0 Å². The number of ether oxygens (including phenoxy) is 1. The molecule has 3 fully saturated rings. The molecule has 3 saturated carbocycles. The molecule has 0 aromatic heterocycles. The van der Waals surface area contributed by atoms with Crippen LogP contribution in [-0.4, -0.2) is 81.0 Å². The second-order valence-electron chi connectivity index (χ2n) is 15.9. The molecular weight excluding hydrogens is 656 g/mol. The number of aliphatic hydroxyl groups is 2. The van der Waals surface area contributed by atoms with E-state index in [4.69, 9.17) is 4.74 Å². The number of amides is 2. The molecule has 1 aromatic rings. The lowest BCUT2D eigenvalue weighted by atomic mass is 9.45. The number of allylic oxidation sites excluding steroid dienone is 1. The minimum Gasteiger partial charge on any atom is -0.480 e. The van der Waals surface area contributed by atoms with Gasteiger partial charge in [-0.25, -0.2) is 4.79 Å². The highest BCUT2D eigenvalue weighted by Crippen LogP contribution is 2.67. The van der Waals surface area contributed by atoms with E-state index in [1.165, 1.54) is 0 Å². The first kappa shape index (κ1) is 38.3. The molecule has 278 valence electrons. The molecule has 0 saturated heterocycles. The largest absolute Gasteiger partial charge is 0.480 e. The van der Waals surface area contributed by atoms with E-state index < -0.39 is 71.3 Å². The summed E-state index contributed by atoms with van der Waals surface area (Å²) in [6.07, 6.45) is 3.98. The van der Waals surface area contributed by atoms with Crippen molar-refractivity contribution >= 4 is 35.3 Å². The number of rotatable bonds is 13. The Balaban J connectivity index is 1.13. The number of nitrogens with one attached hydrogen (secondary N) is 2. The quantitative estimate of drug-likeness (QED) is 0.190. The van der Waals surface area contributed by atoms with Gasteiger partial charge < -0.3 is 30.7 Å². The van der Waals surface area contributed by atoms with Crippen molar-refractivity contribution < 1.29 is 48.8 Å². The van der Waals surface area contributed by atoms with Gasteiger partial charge in [0.15, 0.2) is 12.4 Å². The number of carboxylic acids is 1. The van der Waals surface area contributed by atoms with Gasteiger partial charge in [-0.1, -0.05) is 63.6 Å². The fourth-order valence-electron chi connectivity index (χ4n) is 9.80. The number of benzene rings is 1. The van der Waals surface area contributed by atoms with E-state index in [-0.39, 0.29) is 61.1 Å². The summed E-state index contributed by atoms with van der Waals surface area (Å²) < 4.78 is 5.25. The number of Topliss-reactive ketones (excluding diaryl/α,β-unsaturated/α-hetero) is 1. The summed E-state index contributed by atoms with van der Waals surface area (Å²) in [6.45, 7) is 6.71. The summed E-state index contributed by atoms with van der Waals surface area (Å²) in [7, 11) is 0. The summed E-state index contributed by atoms with van der Waals surface area (Å²) in [4.78, 5) is 76.1. The maximum absolute atomic E-state index is 13.6. The van der Waals surface area contributed by atoms with Crippen LogP contribution < -0.4 is 10.6 Å². The van der Waals surface area contributed by atoms with Crippen LogP contribution in [0.4, 0.5) is 0 Å². The Morgan fingerprint density at radius 1 is 0.980 bits per heavy atom. The van der Waals surface area contributed by atoms with Gasteiger partial charge in [0.1, 0.15) is 17.7 Å². The minimum atomic E-state index is -1.80. The van der Waals surface area contributed by atoms with Gasteiger partial charge in [0.25, 0.3) is 0 Å². The lowest BCUT2D eigenvalue weighted by molar-refractivity contribution is -0.184. The number of hydrogen-bond donors (Lipinski definition) is 5. The molecular formula is C39H52N2O10. The van der Waals surface area contributed by atoms with Crippen molar-refractivity contribution in [2.45, 2.75) is 116 Å². The van der Waals surface area contributed by atoms with Crippen molar-refractivity contribution in [2.75, 3.05) is 6.61 Å². The van der Waals surface area contributed by atoms with Crippen LogP contribution in [0.2, 0.25) is 0 Å². The zero-order valence-electron chi connectivity index (χ0n) is 30.0. The molecule has 0 heterocycles. The van der Waals surface area contributed by atoms with Crippen molar-refractivity contribution in [2.24, 2.45) is 34.5 Å². The highest BCUT2D eigenvalue weighted by Gasteiger charge is 2.68. The maximum Gasteiger partial charge on any atom is 0.326 e. The Bertz CT molecular complexity index is 1570. The van der Waals surface area contributed by atoms with E-state index in [0.717, 1.165) is 24.0 Å². The first-order chi connectivity index (χ1) is 24.0. The Kier molecular flexibility index (Phi) is 11.3. The molecule has 5 N–H and O–H groups in total.